The Hall–Kier alpha value is -2.83. The van der Waals surface area contributed by atoms with E-state index in [-0.39, 0.29) is 23.7 Å². The van der Waals surface area contributed by atoms with E-state index in [4.69, 9.17) is 0 Å². The van der Waals surface area contributed by atoms with Crippen LogP contribution in [-0.2, 0) is 11.2 Å². The Morgan fingerprint density at radius 2 is 1.93 bits per heavy atom. The number of carbonyl (C=O) groups is 1. The number of benzene rings is 1. The third-order valence-electron chi connectivity index (χ3n) is 4.80. The Balaban J connectivity index is 1.71. The van der Waals surface area contributed by atoms with E-state index in [0.717, 1.165) is 22.5 Å². The van der Waals surface area contributed by atoms with E-state index >= 15 is 0 Å². The molecular formula is C20H24FN5O. The molecule has 1 atom stereocenters. The quantitative estimate of drug-likeness (QED) is 0.723. The highest BCUT2D eigenvalue weighted by Crippen LogP contribution is 2.22. The maximum absolute atomic E-state index is 13.2. The molecule has 0 fully saturated rings. The zero-order valence-electron chi connectivity index (χ0n) is 16.0. The molecule has 0 radical (unpaired) electrons. The van der Waals surface area contributed by atoms with Crippen LogP contribution in [0.15, 0.2) is 30.6 Å². The van der Waals surface area contributed by atoms with Crippen molar-refractivity contribution in [2.45, 2.75) is 46.6 Å². The molecule has 3 aromatic rings. The number of nitrogens with one attached hydrogen (secondary N) is 1. The van der Waals surface area contributed by atoms with E-state index in [9.17, 15) is 9.18 Å². The van der Waals surface area contributed by atoms with Crippen LogP contribution in [0, 0.1) is 25.6 Å². The van der Waals surface area contributed by atoms with Crippen LogP contribution in [0.1, 0.15) is 48.8 Å². The maximum Gasteiger partial charge on any atom is 0.252 e. The zero-order valence-corrected chi connectivity index (χ0v) is 16.0. The number of aryl methyl sites for hydroxylation is 2. The number of hydrogen-bond acceptors (Lipinski definition) is 4. The topological polar surface area (TPSA) is 72.2 Å². The van der Waals surface area contributed by atoms with Crippen LogP contribution in [0.3, 0.4) is 0 Å². The van der Waals surface area contributed by atoms with Gasteiger partial charge >= 0.3 is 0 Å². The summed E-state index contributed by atoms with van der Waals surface area (Å²) >= 11 is 0. The average Bonchev–Trinajstić information content (AvgIpc) is 3.08. The summed E-state index contributed by atoms with van der Waals surface area (Å²) < 4.78 is 14.9. The summed E-state index contributed by atoms with van der Waals surface area (Å²) in [6.45, 7) is 7.94. The van der Waals surface area contributed by atoms with Gasteiger partial charge in [0.05, 0.1) is 6.04 Å². The van der Waals surface area contributed by atoms with Gasteiger partial charge in [0.2, 0.25) is 5.91 Å². The molecule has 1 N–H and O–H groups in total. The van der Waals surface area contributed by atoms with Crippen molar-refractivity contribution in [3.63, 3.8) is 0 Å². The minimum atomic E-state index is -0.283. The maximum atomic E-state index is 13.2. The number of aromatic nitrogens is 4. The lowest BCUT2D eigenvalue weighted by Gasteiger charge is -2.23. The van der Waals surface area contributed by atoms with Crippen LogP contribution in [-0.4, -0.2) is 25.5 Å². The van der Waals surface area contributed by atoms with Gasteiger partial charge in [-0.25, -0.2) is 13.9 Å². The van der Waals surface area contributed by atoms with Gasteiger partial charge in [0.1, 0.15) is 12.1 Å². The number of carbonyl (C=O) groups excluding carboxylic acids is 1. The molecule has 0 saturated carbocycles. The van der Waals surface area contributed by atoms with Crippen LogP contribution < -0.4 is 5.32 Å². The predicted octanol–water partition coefficient (Wildman–Crippen LogP) is 3.33. The van der Waals surface area contributed by atoms with Crippen LogP contribution in [0.5, 0.6) is 0 Å². The highest BCUT2D eigenvalue weighted by Gasteiger charge is 2.19. The third kappa shape index (κ3) is 4.13. The van der Waals surface area contributed by atoms with Gasteiger partial charge in [-0.3, -0.25) is 4.79 Å². The number of amides is 1. The number of fused-ring (bicyclic) bond motifs is 1. The van der Waals surface area contributed by atoms with E-state index in [2.05, 4.69) is 20.4 Å². The first-order chi connectivity index (χ1) is 12.9. The van der Waals surface area contributed by atoms with Gasteiger partial charge in [-0.1, -0.05) is 26.0 Å². The Labute approximate surface area is 157 Å². The van der Waals surface area contributed by atoms with Gasteiger partial charge in [0.25, 0.3) is 5.78 Å². The molecule has 0 aliphatic carbocycles. The largest absolute Gasteiger partial charge is 0.349 e. The Kier molecular flexibility index (Phi) is 5.48. The fourth-order valence-electron chi connectivity index (χ4n) is 3.31. The predicted molar refractivity (Wildman–Crippen MR) is 101 cm³/mol. The molecule has 1 aromatic carbocycles. The second kappa shape index (κ2) is 7.82. The van der Waals surface area contributed by atoms with Gasteiger partial charge in [-0.2, -0.15) is 10.1 Å². The van der Waals surface area contributed by atoms with Crippen molar-refractivity contribution in [3.8, 4) is 0 Å². The van der Waals surface area contributed by atoms with Crippen LogP contribution in [0.4, 0.5) is 4.39 Å². The molecule has 27 heavy (non-hydrogen) atoms. The summed E-state index contributed by atoms with van der Waals surface area (Å²) in [6, 6.07) is 6.12. The monoisotopic (exact) mass is 369 g/mol. The van der Waals surface area contributed by atoms with Crippen molar-refractivity contribution in [1.82, 2.24) is 24.9 Å². The molecule has 142 valence electrons. The summed E-state index contributed by atoms with van der Waals surface area (Å²) in [5.74, 6) is 0.426. The minimum Gasteiger partial charge on any atom is -0.349 e. The molecule has 7 heteroatoms. The highest BCUT2D eigenvalue weighted by atomic mass is 19.1. The molecule has 0 aliphatic heterocycles. The second-order valence-electron chi connectivity index (χ2n) is 7.07. The Morgan fingerprint density at radius 1 is 1.22 bits per heavy atom. The van der Waals surface area contributed by atoms with Crippen LogP contribution >= 0.6 is 0 Å². The zero-order chi connectivity index (χ0) is 19.6. The first-order valence-corrected chi connectivity index (χ1v) is 9.07. The lowest BCUT2D eigenvalue weighted by Crippen LogP contribution is -2.32. The fraction of sp³-hybridized carbons (Fsp3) is 0.400. The lowest BCUT2D eigenvalue weighted by atomic mass is 9.95. The van der Waals surface area contributed by atoms with Gasteiger partial charge in [0.15, 0.2) is 0 Å². The molecule has 0 saturated heterocycles. The Morgan fingerprint density at radius 3 is 2.59 bits per heavy atom. The molecule has 0 spiro atoms. The average molecular weight is 369 g/mol. The molecule has 0 bridgehead atoms. The van der Waals surface area contributed by atoms with Crippen molar-refractivity contribution in [1.29, 1.82) is 0 Å². The fourth-order valence-corrected chi connectivity index (χ4v) is 3.31. The van der Waals surface area contributed by atoms with Crippen molar-refractivity contribution >= 4 is 11.7 Å². The second-order valence-corrected chi connectivity index (χ2v) is 7.07. The molecule has 1 amide bonds. The number of rotatable bonds is 6. The summed E-state index contributed by atoms with van der Waals surface area (Å²) in [5.41, 5.74) is 3.71. The molecule has 1 unspecified atom stereocenters. The van der Waals surface area contributed by atoms with E-state index in [1.165, 1.54) is 18.5 Å². The number of hydrogen-bond donors (Lipinski definition) is 1. The molecule has 3 rings (SSSR count). The van der Waals surface area contributed by atoms with Crippen molar-refractivity contribution in [2.24, 2.45) is 5.92 Å². The summed E-state index contributed by atoms with van der Waals surface area (Å²) in [5, 5.41) is 7.25. The normalized spacial score (nSPS) is 12.5. The van der Waals surface area contributed by atoms with Gasteiger partial charge in [0, 0.05) is 17.8 Å². The molecule has 2 heterocycles. The number of nitrogens with zero attached hydrogens (tertiary/aromatic N) is 4. The molecule has 6 nitrogen and oxygen atoms in total. The van der Waals surface area contributed by atoms with Crippen LogP contribution in [0.2, 0.25) is 0 Å². The van der Waals surface area contributed by atoms with Crippen LogP contribution in [0.25, 0.3) is 5.78 Å². The highest BCUT2D eigenvalue weighted by molar-refractivity contribution is 5.76. The van der Waals surface area contributed by atoms with Crippen molar-refractivity contribution in [2.75, 3.05) is 0 Å². The van der Waals surface area contributed by atoms with E-state index < -0.39 is 0 Å². The summed E-state index contributed by atoms with van der Waals surface area (Å²) in [6.07, 6.45) is 2.38. The first kappa shape index (κ1) is 18.9. The molecule has 2 aromatic heterocycles. The summed E-state index contributed by atoms with van der Waals surface area (Å²) in [4.78, 5) is 21.1. The van der Waals surface area contributed by atoms with E-state index in [0.29, 0.717) is 18.6 Å². The standard InChI is InChI=1S/C20H24FN5O/c1-12(2)19(15-5-7-16(21)8-6-15)25-18(27)10-9-17-13(3)24-20-22-11-23-26(20)14(17)4/h5-8,11-12,19H,9-10H2,1-4H3,(H,25,27). The molecular weight excluding hydrogens is 345 g/mol. The van der Waals surface area contributed by atoms with Crippen molar-refractivity contribution in [3.05, 3.63) is 58.9 Å². The third-order valence-corrected chi connectivity index (χ3v) is 4.80. The number of halogens is 1. The van der Waals surface area contributed by atoms with Crippen molar-refractivity contribution < 1.29 is 9.18 Å². The first-order valence-electron chi connectivity index (χ1n) is 9.07. The smallest absolute Gasteiger partial charge is 0.252 e. The molecule has 0 aliphatic rings. The SMILES string of the molecule is Cc1nc2ncnn2c(C)c1CCC(=O)NC(c1ccc(F)cc1)C(C)C. The minimum absolute atomic E-state index is 0.0458. The van der Waals surface area contributed by atoms with Gasteiger partial charge in [-0.05, 0) is 49.4 Å². The summed E-state index contributed by atoms with van der Waals surface area (Å²) in [7, 11) is 0. The Bertz CT molecular complexity index is 949. The van der Waals surface area contributed by atoms with E-state index in [1.54, 1.807) is 16.6 Å². The lowest BCUT2D eigenvalue weighted by molar-refractivity contribution is -0.122. The van der Waals surface area contributed by atoms with Gasteiger partial charge in [-0.15, -0.1) is 0 Å². The van der Waals surface area contributed by atoms with E-state index in [1.807, 2.05) is 27.7 Å². The van der Waals surface area contributed by atoms with Gasteiger partial charge < -0.3 is 5.32 Å².